The van der Waals surface area contributed by atoms with E-state index >= 15 is 0 Å². The van der Waals surface area contributed by atoms with Crippen molar-refractivity contribution in [1.82, 2.24) is 4.31 Å². The summed E-state index contributed by atoms with van der Waals surface area (Å²) in [5.41, 5.74) is 1.65. The van der Waals surface area contributed by atoms with Gasteiger partial charge in [-0.25, -0.2) is 16.8 Å². The lowest BCUT2D eigenvalue weighted by Crippen LogP contribution is -2.37. The maximum absolute atomic E-state index is 13.2. The highest BCUT2D eigenvalue weighted by atomic mass is 32.2. The molecule has 9 nitrogen and oxygen atoms in total. The van der Waals surface area contributed by atoms with Crippen LogP contribution in [0.1, 0.15) is 44.6 Å². The number of hydrogen-bond acceptors (Lipinski definition) is 6. The molecule has 11 heteroatoms. The number of benzene rings is 2. The molecule has 0 saturated carbocycles. The van der Waals surface area contributed by atoms with Crippen LogP contribution in [0.15, 0.2) is 47.4 Å². The summed E-state index contributed by atoms with van der Waals surface area (Å²) in [6, 6.07) is 11.3. The Morgan fingerprint density at radius 1 is 1.03 bits per heavy atom. The Morgan fingerprint density at radius 2 is 1.66 bits per heavy atom. The van der Waals surface area contributed by atoms with Crippen LogP contribution in [0.25, 0.3) is 0 Å². The summed E-state index contributed by atoms with van der Waals surface area (Å²) in [7, 11) is -6.17. The fourth-order valence-electron chi connectivity index (χ4n) is 3.96. The molecule has 2 aromatic rings. The lowest BCUT2D eigenvalue weighted by molar-refractivity contribution is -0.114. The van der Waals surface area contributed by atoms with Crippen LogP contribution in [0.4, 0.5) is 11.4 Å². The molecule has 1 aliphatic heterocycles. The van der Waals surface area contributed by atoms with Crippen molar-refractivity contribution in [3.63, 3.8) is 0 Å². The first-order valence-corrected chi connectivity index (χ1v) is 14.8. The zero-order valence-electron chi connectivity index (χ0n) is 20.5. The second-order valence-electron chi connectivity index (χ2n) is 8.89. The predicted molar refractivity (Wildman–Crippen MR) is 137 cm³/mol. The number of carbonyl (C=O) groups is 1. The summed E-state index contributed by atoms with van der Waals surface area (Å²) in [6.45, 7) is 4.47. The van der Waals surface area contributed by atoms with Gasteiger partial charge in [-0.05, 0) is 54.7 Å². The maximum Gasteiger partial charge on any atom is 0.246 e. The van der Waals surface area contributed by atoms with Crippen molar-refractivity contribution in [2.45, 2.75) is 43.9 Å². The molecule has 0 atom stereocenters. The number of hydrogen-bond donors (Lipinski definition) is 1. The molecule has 1 saturated heterocycles. The van der Waals surface area contributed by atoms with E-state index in [9.17, 15) is 21.6 Å². The number of piperidine rings is 1. The van der Waals surface area contributed by atoms with Gasteiger partial charge < -0.3 is 10.1 Å². The minimum atomic E-state index is -3.81. The first-order valence-electron chi connectivity index (χ1n) is 11.5. The number of rotatable bonds is 9. The fourth-order valence-corrected chi connectivity index (χ4v) is 6.51. The predicted octanol–water partition coefficient (Wildman–Crippen LogP) is 3.40. The lowest BCUT2D eigenvalue weighted by atomic mass is 10.0. The van der Waals surface area contributed by atoms with Crippen LogP contribution in [0.3, 0.4) is 0 Å². The Morgan fingerprint density at radius 3 is 2.20 bits per heavy atom. The van der Waals surface area contributed by atoms with Crippen LogP contribution in [-0.4, -0.2) is 60.0 Å². The van der Waals surface area contributed by atoms with E-state index in [0.29, 0.717) is 18.8 Å². The van der Waals surface area contributed by atoms with E-state index in [0.717, 1.165) is 35.4 Å². The number of nitrogens with one attached hydrogen (secondary N) is 1. The monoisotopic (exact) mass is 523 g/mol. The molecule has 192 valence electrons. The van der Waals surface area contributed by atoms with E-state index < -0.39 is 32.5 Å². The Kier molecular flexibility index (Phi) is 8.45. The first kappa shape index (κ1) is 27.0. The molecule has 1 N–H and O–H groups in total. The van der Waals surface area contributed by atoms with Gasteiger partial charge in [-0.2, -0.15) is 4.31 Å². The molecule has 0 unspecified atom stereocenters. The minimum Gasteiger partial charge on any atom is -0.495 e. The van der Waals surface area contributed by atoms with Gasteiger partial charge in [0, 0.05) is 18.8 Å². The molecule has 3 rings (SSSR count). The van der Waals surface area contributed by atoms with Crippen LogP contribution >= 0.6 is 0 Å². The first-order chi connectivity index (χ1) is 16.4. The van der Waals surface area contributed by atoms with Crippen molar-refractivity contribution in [3.05, 3.63) is 48.0 Å². The molecule has 0 spiro atoms. The molecule has 1 heterocycles. The largest absolute Gasteiger partial charge is 0.495 e. The third-order valence-electron chi connectivity index (χ3n) is 5.92. The molecule has 0 aromatic heterocycles. The normalized spacial score (nSPS) is 15.1. The highest BCUT2D eigenvalue weighted by Crippen LogP contribution is 2.31. The van der Waals surface area contributed by atoms with Crippen LogP contribution < -0.4 is 14.4 Å². The van der Waals surface area contributed by atoms with Gasteiger partial charge in [0.15, 0.2) is 0 Å². The standard InChI is InChI=1S/C24H33N3O6S2/c1-18(2)19-8-11-21(12-9-19)27(34(4,29)30)17-24(28)25-20-10-13-22(33-3)23(16-20)35(31,32)26-14-6-5-7-15-26/h8-13,16,18H,5-7,14-15,17H2,1-4H3,(H,25,28). The maximum atomic E-state index is 13.2. The molecular weight excluding hydrogens is 490 g/mol. The van der Waals surface area contributed by atoms with E-state index in [2.05, 4.69) is 5.32 Å². The highest BCUT2D eigenvalue weighted by molar-refractivity contribution is 7.92. The third-order valence-corrected chi connectivity index (χ3v) is 8.98. The molecule has 1 amide bonds. The van der Waals surface area contributed by atoms with E-state index in [-0.39, 0.29) is 22.3 Å². The van der Waals surface area contributed by atoms with Crippen molar-refractivity contribution >= 4 is 37.3 Å². The van der Waals surface area contributed by atoms with Crippen LogP contribution in [0, 0.1) is 0 Å². The van der Waals surface area contributed by atoms with Crippen molar-refractivity contribution in [1.29, 1.82) is 0 Å². The molecule has 0 bridgehead atoms. The fraction of sp³-hybridized carbons (Fsp3) is 0.458. The quantitative estimate of drug-likeness (QED) is 0.539. The van der Waals surface area contributed by atoms with E-state index in [1.54, 1.807) is 12.1 Å². The zero-order valence-corrected chi connectivity index (χ0v) is 22.2. The average Bonchev–Trinajstić information content (AvgIpc) is 2.82. The molecule has 0 radical (unpaired) electrons. The molecule has 35 heavy (non-hydrogen) atoms. The Balaban J connectivity index is 1.83. The summed E-state index contributed by atoms with van der Waals surface area (Å²) in [5.74, 6) is -0.143. The smallest absolute Gasteiger partial charge is 0.246 e. The number of methoxy groups -OCH3 is 1. The molecule has 0 aliphatic carbocycles. The van der Waals surface area contributed by atoms with Gasteiger partial charge in [0.25, 0.3) is 0 Å². The number of carbonyl (C=O) groups excluding carboxylic acids is 1. The number of anilines is 2. The number of ether oxygens (including phenoxy) is 1. The lowest BCUT2D eigenvalue weighted by Gasteiger charge is -2.27. The topological polar surface area (TPSA) is 113 Å². The van der Waals surface area contributed by atoms with Crippen LogP contribution in [-0.2, 0) is 24.8 Å². The molecular formula is C24H33N3O6S2. The van der Waals surface area contributed by atoms with Gasteiger partial charge in [0.1, 0.15) is 17.2 Å². The van der Waals surface area contributed by atoms with Gasteiger partial charge in [0.05, 0.1) is 19.1 Å². The van der Waals surface area contributed by atoms with Gasteiger partial charge in [-0.1, -0.05) is 32.4 Å². The van der Waals surface area contributed by atoms with Crippen molar-refractivity contribution in [3.8, 4) is 5.75 Å². The van der Waals surface area contributed by atoms with Crippen molar-refractivity contribution < 1.29 is 26.4 Å². The number of amides is 1. The summed E-state index contributed by atoms with van der Waals surface area (Å²) in [6.07, 6.45) is 3.60. The SMILES string of the molecule is COc1ccc(NC(=O)CN(c2ccc(C(C)C)cc2)S(C)(=O)=O)cc1S(=O)(=O)N1CCCCC1. The summed E-state index contributed by atoms with van der Waals surface area (Å²) in [4.78, 5) is 12.8. The second-order valence-corrected chi connectivity index (χ2v) is 12.7. The molecule has 2 aromatic carbocycles. The summed E-state index contributed by atoms with van der Waals surface area (Å²) >= 11 is 0. The minimum absolute atomic E-state index is 0.0380. The molecule has 1 fully saturated rings. The average molecular weight is 524 g/mol. The van der Waals surface area contributed by atoms with Gasteiger partial charge in [-0.3, -0.25) is 9.10 Å². The van der Waals surface area contributed by atoms with Crippen LogP contribution in [0.5, 0.6) is 5.75 Å². The Bertz CT molecular complexity index is 1250. The van der Waals surface area contributed by atoms with E-state index in [1.165, 1.54) is 29.6 Å². The highest BCUT2D eigenvalue weighted by Gasteiger charge is 2.29. The van der Waals surface area contributed by atoms with E-state index in [4.69, 9.17) is 4.74 Å². The van der Waals surface area contributed by atoms with Crippen LogP contribution in [0.2, 0.25) is 0 Å². The van der Waals surface area contributed by atoms with Crippen molar-refractivity contribution in [2.75, 3.05) is 42.6 Å². The Labute approximate surface area is 208 Å². The summed E-state index contributed by atoms with van der Waals surface area (Å²) < 4.78 is 59.0. The van der Waals surface area contributed by atoms with Gasteiger partial charge >= 0.3 is 0 Å². The zero-order chi connectivity index (χ0) is 25.8. The van der Waals surface area contributed by atoms with Gasteiger partial charge in [-0.15, -0.1) is 0 Å². The van der Waals surface area contributed by atoms with Gasteiger partial charge in [0.2, 0.25) is 26.0 Å². The molecule has 1 aliphatic rings. The van der Waals surface area contributed by atoms with Crippen molar-refractivity contribution in [2.24, 2.45) is 0 Å². The third kappa shape index (κ3) is 6.53. The van der Waals surface area contributed by atoms with E-state index in [1.807, 2.05) is 26.0 Å². The number of sulfonamides is 2. The second kappa shape index (κ2) is 11.0. The Hall–Kier alpha value is -2.63. The summed E-state index contributed by atoms with van der Waals surface area (Å²) in [5, 5.41) is 2.63. The number of nitrogens with zero attached hydrogens (tertiary/aromatic N) is 2.